The number of anilines is 1. The first-order valence-electron chi connectivity index (χ1n) is 5.85. The molecular weight excluding hydrogens is 278 g/mol. The Bertz CT molecular complexity index is 435. The standard InChI is InChI=1S/C13H16BrN3/c1-17(10-5-6-10)8-7-16-13-4-2-3-12(14)11(13)9-15/h2-4,10,16H,5-8H2,1H3. The van der Waals surface area contributed by atoms with Crippen LogP contribution in [0.25, 0.3) is 0 Å². The summed E-state index contributed by atoms with van der Waals surface area (Å²) in [5.41, 5.74) is 1.59. The van der Waals surface area contributed by atoms with E-state index in [0.29, 0.717) is 5.56 Å². The lowest BCUT2D eigenvalue weighted by Crippen LogP contribution is -2.27. The minimum Gasteiger partial charge on any atom is -0.383 e. The third-order valence-corrected chi connectivity index (χ3v) is 3.74. The van der Waals surface area contributed by atoms with Crippen LogP contribution in [-0.2, 0) is 0 Å². The number of halogens is 1. The minimum atomic E-state index is 0.682. The van der Waals surface area contributed by atoms with Gasteiger partial charge in [-0.25, -0.2) is 0 Å². The molecule has 1 N–H and O–H groups in total. The van der Waals surface area contributed by atoms with Gasteiger partial charge < -0.3 is 10.2 Å². The Balaban J connectivity index is 1.90. The van der Waals surface area contributed by atoms with E-state index in [1.165, 1.54) is 12.8 Å². The van der Waals surface area contributed by atoms with E-state index in [-0.39, 0.29) is 0 Å². The van der Waals surface area contributed by atoms with E-state index in [2.05, 4.69) is 39.3 Å². The summed E-state index contributed by atoms with van der Waals surface area (Å²) in [6, 6.07) is 8.78. The number of hydrogen-bond donors (Lipinski definition) is 1. The van der Waals surface area contributed by atoms with Crippen molar-refractivity contribution >= 4 is 21.6 Å². The van der Waals surface area contributed by atoms with Crippen molar-refractivity contribution in [2.24, 2.45) is 0 Å². The molecule has 0 spiro atoms. The van der Waals surface area contributed by atoms with E-state index in [0.717, 1.165) is 29.3 Å². The molecule has 90 valence electrons. The summed E-state index contributed by atoms with van der Waals surface area (Å²) < 4.78 is 0.848. The molecule has 3 nitrogen and oxygen atoms in total. The molecule has 1 aliphatic rings. The smallest absolute Gasteiger partial charge is 0.103 e. The maximum Gasteiger partial charge on any atom is 0.103 e. The molecule has 1 aromatic rings. The molecule has 17 heavy (non-hydrogen) atoms. The molecule has 1 fully saturated rings. The molecule has 4 heteroatoms. The highest BCUT2D eigenvalue weighted by atomic mass is 79.9. The van der Waals surface area contributed by atoms with Crippen molar-refractivity contribution in [1.29, 1.82) is 5.26 Å². The highest BCUT2D eigenvalue weighted by Crippen LogP contribution is 2.25. The molecule has 0 radical (unpaired) electrons. The number of benzene rings is 1. The number of nitrogens with one attached hydrogen (secondary N) is 1. The highest BCUT2D eigenvalue weighted by molar-refractivity contribution is 9.10. The van der Waals surface area contributed by atoms with Crippen molar-refractivity contribution in [1.82, 2.24) is 4.90 Å². The van der Waals surface area contributed by atoms with E-state index < -0.39 is 0 Å². The van der Waals surface area contributed by atoms with Crippen molar-refractivity contribution < 1.29 is 0 Å². The second kappa shape index (κ2) is 5.52. The Labute approximate surface area is 111 Å². The number of likely N-dealkylation sites (N-methyl/N-ethyl adjacent to an activating group) is 1. The molecule has 0 bridgehead atoms. The predicted octanol–water partition coefficient (Wildman–Crippen LogP) is 2.83. The van der Waals surface area contributed by atoms with Gasteiger partial charge in [-0.2, -0.15) is 5.26 Å². The molecule has 0 atom stereocenters. The van der Waals surface area contributed by atoms with Crippen LogP contribution in [0.3, 0.4) is 0 Å². The Morgan fingerprint density at radius 2 is 2.29 bits per heavy atom. The fourth-order valence-electron chi connectivity index (χ4n) is 1.85. The maximum absolute atomic E-state index is 9.08. The van der Waals surface area contributed by atoms with Crippen LogP contribution in [0.1, 0.15) is 18.4 Å². The summed E-state index contributed by atoms with van der Waals surface area (Å²) in [5, 5.41) is 12.4. The fourth-order valence-corrected chi connectivity index (χ4v) is 2.30. The summed E-state index contributed by atoms with van der Waals surface area (Å²) in [4.78, 5) is 2.37. The zero-order valence-electron chi connectivity index (χ0n) is 9.91. The van der Waals surface area contributed by atoms with Crippen LogP contribution < -0.4 is 5.32 Å². The molecule has 1 aliphatic carbocycles. The van der Waals surface area contributed by atoms with Gasteiger partial charge in [0, 0.05) is 23.6 Å². The number of hydrogen-bond acceptors (Lipinski definition) is 3. The first kappa shape index (κ1) is 12.4. The summed E-state index contributed by atoms with van der Waals surface area (Å²) in [6.07, 6.45) is 2.66. The zero-order chi connectivity index (χ0) is 12.3. The van der Waals surface area contributed by atoms with E-state index in [9.17, 15) is 0 Å². The van der Waals surface area contributed by atoms with Gasteiger partial charge >= 0.3 is 0 Å². The van der Waals surface area contributed by atoms with Gasteiger partial charge in [0.2, 0.25) is 0 Å². The Hall–Kier alpha value is -1.05. The second-order valence-corrected chi connectivity index (χ2v) is 5.27. The number of rotatable bonds is 5. The molecule has 0 aromatic heterocycles. The van der Waals surface area contributed by atoms with E-state index in [1.54, 1.807) is 0 Å². The maximum atomic E-state index is 9.08. The van der Waals surface area contributed by atoms with Crippen LogP contribution in [0.5, 0.6) is 0 Å². The first-order chi connectivity index (χ1) is 8.22. The normalized spacial score (nSPS) is 14.7. The molecule has 2 rings (SSSR count). The third-order valence-electron chi connectivity index (χ3n) is 3.08. The van der Waals surface area contributed by atoms with Crippen molar-refractivity contribution in [3.05, 3.63) is 28.2 Å². The average Bonchev–Trinajstić information content (AvgIpc) is 3.13. The van der Waals surface area contributed by atoms with E-state index >= 15 is 0 Å². The van der Waals surface area contributed by atoms with Crippen molar-refractivity contribution in [3.63, 3.8) is 0 Å². The molecule has 0 aliphatic heterocycles. The van der Waals surface area contributed by atoms with Gasteiger partial charge in [0.05, 0.1) is 11.3 Å². The lowest BCUT2D eigenvalue weighted by molar-refractivity contribution is 0.337. The SMILES string of the molecule is CN(CCNc1cccc(Br)c1C#N)C1CC1. The van der Waals surface area contributed by atoms with Gasteiger partial charge in [-0.3, -0.25) is 0 Å². The molecule has 1 saturated carbocycles. The summed E-state index contributed by atoms with van der Waals surface area (Å²) in [7, 11) is 2.16. The molecule has 1 aromatic carbocycles. The van der Waals surface area contributed by atoms with Crippen molar-refractivity contribution in [3.8, 4) is 6.07 Å². The van der Waals surface area contributed by atoms with Gasteiger partial charge in [0.1, 0.15) is 6.07 Å². The second-order valence-electron chi connectivity index (χ2n) is 4.41. The molecule has 0 saturated heterocycles. The van der Waals surface area contributed by atoms with Gasteiger partial charge in [0.15, 0.2) is 0 Å². The van der Waals surface area contributed by atoms with Crippen LogP contribution in [0.2, 0.25) is 0 Å². The van der Waals surface area contributed by atoms with E-state index in [1.807, 2.05) is 18.2 Å². The molecule has 0 amide bonds. The molecular formula is C13H16BrN3. The van der Waals surface area contributed by atoms with Gasteiger partial charge in [-0.1, -0.05) is 6.07 Å². The van der Waals surface area contributed by atoms with Crippen LogP contribution in [0, 0.1) is 11.3 Å². The van der Waals surface area contributed by atoms with Crippen LogP contribution in [0.4, 0.5) is 5.69 Å². The summed E-state index contributed by atoms with van der Waals surface area (Å²) in [6.45, 7) is 1.89. The first-order valence-corrected chi connectivity index (χ1v) is 6.64. The minimum absolute atomic E-state index is 0.682. The van der Waals surface area contributed by atoms with Crippen LogP contribution >= 0.6 is 15.9 Å². The fraction of sp³-hybridized carbons (Fsp3) is 0.462. The predicted molar refractivity (Wildman–Crippen MR) is 73.0 cm³/mol. The highest BCUT2D eigenvalue weighted by Gasteiger charge is 2.25. The van der Waals surface area contributed by atoms with Crippen molar-refractivity contribution in [2.45, 2.75) is 18.9 Å². The Morgan fingerprint density at radius 1 is 1.53 bits per heavy atom. The molecule has 0 heterocycles. The largest absolute Gasteiger partial charge is 0.383 e. The van der Waals surface area contributed by atoms with E-state index in [4.69, 9.17) is 5.26 Å². The topological polar surface area (TPSA) is 39.1 Å². The Morgan fingerprint density at radius 3 is 2.94 bits per heavy atom. The monoisotopic (exact) mass is 293 g/mol. The van der Waals surface area contributed by atoms with Gasteiger partial charge in [-0.05, 0) is 48.0 Å². The number of nitrogens with zero attached hydrogens (tertiary/aromatic N) is 2. The zero-order valence-corrected chi connectivity index (χ0v) is 11.5. The molecule has 0 unspecified atom stereocenters. The lowest BCUT2D eigenvalue weighted by Gasteiger charge is -2.16. The quantitative estimate of drug-likeness (QED) is 0.907. The summed E-state index contributed by atoms with van der Waals surface area (Å²) >= 11 is 3.39. The average molecular weight is 294 g/mol. The Kier molecular flexibility index (Phi) is 4.03. The van der Waals surface area contributed by atoms with Gasteiger partial charge in [0.25, 0.3) is 0 Å². The lowest BCUT2D eigenvalue weighted by atomic mass is 10.2. The third kappa shape index (κ3) is 3.21. The summed E-state index contributed by atoms with van der Waals surface area (Å²) in [5.74, 6) is 0. The van der Waals surface area contributed by atoms with Gasteiger partial charge in [-0.15, -0.1) is 0 Å². The van der Waals surface area contributed by atoms with Crippen LogP contribution in [-0.4, -0.2) is 31.1 Å². The number of nitriles is 1. The van der Waals surface area contributed by atoms with Crippen molar-refractivity contribution in [2.75, 3.05) is 25.5 Å². The van der Waals surface area contributed by atoms with Crippen LogP contribution in [0.15, 0.2) is 22.7 Å².